The minimum absolute atomic E-state index is 0.0904. The van der Waals surface area contributed by atoms with Crippen LogP contribution in [0.2, 0.25) is 0 Å². The van der Waals surface area contributed by atoms with Crippen molar-refractivity contribution in [2.75, 3.05) is 20.2 Å². The highest BCUT2D eigenvalue weighted by Gasteiger charge is 2.33. The number of carbonyl (C=O) groups excluding carboxylic acids is 1. The maximum atomic E-state index is 12.0. The summed E-state index contributed by atoms with van der Waals surface area (Å²) in [6.45, 7) is 3.65. The van der Waals surface area contributed by atoms with Crippen LogP contribution in [0.5, 0.6) is 0 Å². The molecule has 1 unspecified atom stereocenters. The van der Waals surface area contributed by atoms with Gasteiger partial charge in [0.25, 0.3) is 0 Å². The number of ether oxygens (including phenoxy) is 1. The van der Waals surface area contributed by atoms with Gasteiger partial charge in [0, 0.05) is 19.7 Å². The van der Waals surface area contributed by atoms with Crippen molar-refractivity contribution in [3.8, 4) is 0 Å². The lowest BCUT2D eigenvalue weighted by atomic mass is 9.93. The van der Waals surface area contributed by atoms with Gasteiger partial charge in [0.15, 0.2) is 0 Å². The Hall–Kier alpha value is -0.770. The van der Waals surface area contributed by atoms with Crippen molar-refractivity contribution in [2.45, 2.75) is 50.7 Å². The van der Waals surface area contributed by atoms with Gasteiger partial charge in [-0.1, -0.05) is 0 Å². The number of carbonyl (C=O) groups is 1. The Labute approximate surface area is 97.3 Å². The summed E-state index contributed by atoms with van der Waals surface area (Å²) in [6.07, 6.45) is 5.60. The molecule has 16 heavy (non-hydrogen) atoms. The quantitative estimate of drug-likeness (QED) is 0.779. The number of rotatable bonds is 2. The van der Waals surface area contributed by atoms with Crippen molar-refractivity contribution < 1.29 is 9.53 Å². The highest BCUT2D eigenvalue weighted by Crippen LogP contribution is 2.24. The van der Waals surface area contributed by atoms with Crippen LogP contribution in [0.1, 0.15) is 39.0 Å². The highest BCUT2D eigenvalue weighted by atomic mass is 16.5. The van der Waals surface area contributed by atoms with Crippen LogP contribution in [-0.2, 0) is 4.74 Å². The lowest BCUT2D eigenvalue weighted by Gasteiger charge is -2.40. The van der Waals surface area contributed by atoms with Gasteiger partial charge in [0.05, 0.1) is 12.1 Å². The number of nitrogens with one attached hydrogen (secondary N) is 1. The number of nitrogens with zero attached hydrogens (tertiary/aromatic N) is 1. The van der Waals surface area contributed by atoms with Crippen LogP contribution < -0.4 is 5.32 Å². The van der Waals surface area contributed by atoms with Gasteiger partial charge in [0.1, 0.15) is 0 Å². The Morgan fingerprint density at radius 2 is 2.19 bits per heavy atom. The summed E-state index contributed by atoms with van der Waals surface area (Å²) in [6, 6.07) is 0.510. The minimum Gasteiger partial charge on any atom is -0.377 e. The molecule has 0 aromatic heterocycles. The number of hydrogen-bond donors (Lipinski definition) is 1. The Kier molecular flexibility index (Phi) is 3.38. The van der Waals surface area contributed by atoms with E-state index in [9.17, 15) is 4.79 Å². The molecule has 4 heteroatoms. The first-order valence-electron chi connectivity index (χ1n) is 6.23. The van der Waals surface area contributed by atoms with Crippen LogP contribution in [0.4, 0.5) is 4.79 Å². The van der Waals surface area contributed by atoms with Crippen LogP contribution in [-0.4, -0.2) is 42.8 Å². The zero-order chi connectivity index (χ0) is 11.6. The Morgan fingerprint density at radius 3 is 2.75 bits per heavy atom. The molecule has 0 bridgehead atoms. The predicted octanol–water partition coefficient (Wildman–Crippen LogP) is 1.75. The minimum atomic E-state index is -0.158. The van der Waals surface area contributed by atoms with Gasteiger partial charge in [-0.05, 0) is 39.0 Å². The lowest BCUT2D eigenvalue weighted by Crippen LogP contribution is -2.55. The zero-order valence-corrected chi connectivity index (χ0v) is 10.3. The molecule has 1 saturated carbocycles. The van der Waals surface area contributed by atoms with Gasteiger partial charge in [0.2, 0.25) is 0 Å². The summed E-state index contributed by atoms with van der Waals surface area (Å²) in [4.78, 5) is 13.9. The van der Waals surface area contributed by atoms with Crippen molar-refractivity contribution in [2.24, 2.45) is 0 Å². The van der Waals surface area contributed by atoms with Gasteiger partial charge >= 0.3 is 6.03 Å². The fourth-order valence-electron chi connectivity index (χ4n) is 2.36. The Bertz CT molecular complexity index is 266. The molecule has 0 aromatic carbocycles. The summed E-state index contributed by atoms with van der Waals surface area (Å²) < 4.78 is 5.48. The van der Waals surface area contributed by atoms with Crippen LogP contribution in [0.3, 0.4) is 0 Å². The van der Waals surface area contributed by atoms with E-state index in [-0.39, 0.29) is 11.6 Å². The largest absolute Gasteiger partial charge is 0.377 e. The Morgan fingerprint density at radius 1 is 1.44 bits per heavy atom. The average molecular weight is 226 g/mol. The molecule has 2 aliphatic rings. The van der Waals surface area contributed by atoms with Gasteiger partial charge in [-0.2, -0.15) is 0 Å². The van der Waals surface area contributed by atoms with Crippen LogP contribution in [0.15, 0.2) is 0 Å². The van der Waals surface area contributed by atoms with Gasteiger partial charge < -0.3 is 15.0 Å². The zero-order valence-electron chi connectivity index (χ0n) is 10.3. The number of piperidine rings is 1. The molecule has 2 rings (SSSR count). The van der Waals surface area contributed by atoms with E-state index >= 15 is 0 Å². The topological polar surface area (TPSA) is 41.6 Å². The molecular weight excluding hydrogens is 204 g/mol. The number of urea groups is 1. The van der Waals surface area contributed by atoms with Gasteiger partial charge in [-0.3, -0.25) is 0 Å². The van der Waals surface area contributed by atoms with E-state index in [4.69, 9.17) is 4.74 Å². The molecule has 1 saturated heterocycles. The number of amides is 2. The molecule has 4 nitrogen and oxygen atoms in total. The summed E-state index contributed by atoms with van der Waals surface area (Å²) in [5, 5.41) is 3.08. The molecule has 0 aromatic rings. The van der Waals surface area contributed by atoms with E-state index in [0.717, 1.165) is 32.2 Å². The van der Waals surface area contributed by atoms with Crippen molar-refractivity contribution in [1.82, 2.24) is 10.2 Å². The summed E-state index contributed by atoms with van der Waals surface area (Å²) in [7, 11) is 1.73. The second-order valence-corrected chi connectivity index (χ2v) is 5.26. The third-order valence-corrected chi connectivity index (χ3v) is 3.87. The molecule has 0 radical (unpaired) electrons. The van der Waals surface area contributed by atoms with E-state index in [0.29, 0.717) is 12.6 Å². The molecule has 1 aliphatic heterocycles. The lowest BCUT2D eigenvalue weighted by molar-refractivity contribution is -0.0405. The second kappa shape index (κ2) is 4.62. The normalized spacial score (nSPS) is 31.0. The van der Waals surface area contributed by atoms with Gasteiger partial charge in [-0.15, -0.1) is 0 Å². The highest BCUT2D eigenvalue weighted by molar-refractivity contribution is 5.74. The van der Waals surface area contributed by atoms with E-state index in [1.807, 2.05) is 4.90 Å². The molecule has 92 valence electrons. The smallest absolute Gasteiger partial charge is 0.317 e. The van der Waals surface area contributed by atoms with Crippen LogP contribution >= 0.6 is 0 Å². The summed E-state index contributed by atoms with van der Waals surface area (Å²) >= 11 is 0. The average Bonchev–Trinajstić information content (AvgIpc) is 2.23. The summed E-state index contributed by atoms with van der Waals surface area (Å²) in [5.41, 5.74) is -0.158. The second-order valence-electron chi connectivity index (χ2n) is 5.26. The van der Waals surface area contributed by atoms with E-state index in [1.165, 1.54) is 6.42 Å². The standard InChI is InChI=1S/C12H22N2O2/c1-12(16-2)7-4-8-14(9-12)11(15)13-10-5-3-6-10/h10H,3-9H2,1-2H3,(H,13,15). The number of likely N-dealkylation sites (tertiary alicyclic amines) is 1. The van der Waals surface area contributed by atoms with E-state index < -0.39 is 0 Å². The first-order valence-corrected chi connectivity index (χ1v) is 6.23. The number of hydrogen-bond acceptors (Lipinski definition) is 2. The first-order chi connectivity index (χ1) is 7.63. The molecule has 2 amide bonds. The number of methoxy groups -OCH3 is 1. The van der Waals surface area contributed by atoms with Crippen molar-refractivity contribution in [1.29, 1.82) is 0 Å². The summed E-state index contributed by atoms with van der Waals surface area (Å²) in [5.74, 6) is 0. The third-order valence-electron chi connectivity index (χ3n) is 3.87. The fraction of sp³-hybridized carbons (Fsp3) is 0.917. The predicted molar refractivity (Wildman–Crippen MR) is 62.4 cm³/mol. The SMILES string of the molecule is COC1(C)CCCN(C(=O)NC2CCC2)C1. The van der Waals surface area contributed by atoms with Crippen LogP contribution in [0, 0.1) is 0 Å². The van der Waals surface area contributed by atoms with Crippen molar-refractivity contribution >= 4 is 6.03 Å². The molecule has 1 heterocycles. The molecule has 1 aliphatic carbocycles. The van der Waals surface area contributed by atoms with E-state index in [2.05, 4.69) is 12.2 Å². The van der Waals surface area contributed by atoms with Crippen molar-refractivity contribution in [3.63, 3.8) is 0 Å². The third kappa shape index (κ3) is 2.48. The fourth-order valence-corrected chi connectivity index (χ4v) is 2.36. The molecule has 1 N–H and O–H groups in total. The maximum Gasteiger partial charge on any atom is 0.317 e. The molecule has 1 atom stereocenters. The van der Waals surface area contributed by atoms with Crippen LogP contribution in [0.25, 0.3) is 0 Å². The molecular formula is C12H22N2O2. The monoisotopic (exact) mass is 226 g/mol. The molecule has 0 spiro atoms. The van der Waals surface area contributed by atoms with Gasteiger partial charge in [-0.25, -0.2) is 4.79 Å². The molecule has 2 fully saturated rings. The maximum absolute atomic E-state index is 12.0. The Balaban J connectivity index is 1.85. The van der Waals surface area contributed by atoms with E-state index in [1.54, 1.807) is 7.11 Å². The van der Waals surface area contributed by atoms with Crippen molar-refractivity contribution in [3.05, 3.63) is 0 Å². The first kappa shape index (κ1) is 11.7.